The summed E-state index contributed by atoms with van der Waals surface area (Å²) < 4.78 is 0. The first-order valence-corrected chi connectivity index (χ1v) is 6.32. The van der Waals surface area contributed by atoms with Gasteiger partial charge < -0.3 is 5.11 Å². The van der Waals surface area contributed by atoms with Gasteiger partial charge in [0.15, 0.2) is 0 Å². The molecule has 3 heteroatoms. The Kier molecular flexibility index (Phi) is 3.42. The molecule has 0 aromatic heterocycles. The molecule has 1 fully saturated rings. The number of aliphatic hydroxyl groups excluding tert-OH is 1. The summed E-state index contributed by atoms with van der Waals surface area (Å²) in [6.07, 6.45) is 2.86. The highest BCUT2D eigenvalue weighted by atomic mass is 35.5. The van der Waals surface area contributed by atoms with Crippen molar-refractivity contribution in [2.75, 3.05) is 0 Å². The van der Waals surface area contributed by atoms with E-state index in [4.69, 9.17) is 11.6 Å². The van der Waals surface area contributed by atoms with Crippen LogP contribution in [-0.4, -0.2) is 5.11 Å². The van der Waals surface area contributed by atoms with Crippen LogP contribution in [0.1, 0.15) is 42.9 Å². The highest BCUT2D eigenvalue weighted by molar-refractivity contribution is 6.31. The Morgan fingerprint density at radius 3 is 2.59 bits per heavy atom. The minimum Gasteiger partial charge on any atom is -0.387 e. The van der Waals surface area contributed by atoms with Crippen LogP contribution in [0.15, 0.2) is 18.2 Å². The van der Waals surface area contributed by atoms with Gasteiger partial charge in [-0.05, 0) is 37.0 Å². The van der Waals surface area contributed by atoms with Gasteiger partial charge >= 0.3 is 0 Å². The lowest BCUT2D eigenvalue weighted by atomic mass is 9.78. The van der Waals surface area contributed by atoms with Crippen molar-refractivity contribution in [3.63, 3.8) is 0 Å². The van der Waals surface area contributed by atoms with Gasteiger partial charge in [-0.1, -0.05) is 36.6 Å². The van der Waals surface area contributed by atoms with E-state index in [9.17, 15) is 10.4 Å². The topological polar surface area (TPSA) is 44.0 Å². The fourth-order valence-corrected chi connectivity index (χ4v) is 2.74. The van der Waals surface area contributed by atoms with E-state index in [1.807, 2.05) is 19.1 Å². The molecule has 1 saturated carbocycles. The maximum Gasteiger partial charge on any atom is 0.0976 e. The second-order valence-corrected chi connectivity index (χ2v) is 5.29. The van der Waals surface area contributed by atoms with Crippen LogP contribution in [0.3, 0.4) is 0 Å². The van der Waals surface area contributed by atoms with Gasteiger partial charge in [0.05, 0.1) is 17.6 Å². The number of benzene rings is 1. The first-order chi connectivity index (χ1) is 8.09. The lowest BCUT2D eigenvalue weighted by Gasteiger charge is -2.27. The van der Waals surface area contributed by atoms with Crippen LogP contribution in [0, 0.1) is 23.7 Å². The number of nitriles is 1. The SMILES string of the molecule is Cc1ccc(C(O)C2(C#N)CCCC2)cc1Cl. The van der Waals surface area contributed by atoms with Crippen LogP contribution in [-0.2, 0) is 0 Å². The minimum absolute atomic E-state index is 0.613. The van der Waals surface area contributed by atoms with E-state index in [0.29, 0.717) is 5.02 Å². The number of rotatable bonds is 2. The molecule has 1 aromatic rings. The van der Waals surface area contributed by atoms with E-state index < -0.39 is 11.5 Å². The fraction of sp³-hybridized carbons (Fsp3) is 0.500. The van der Waals surface area contributed by atoms with Crippen LogP contribution in [0.25, 0.3) is 0 Å². The average molecular weight is 250 g/mol. The van der Waals surface area contributed by atoms with E-state index in [-0.39, 0.29) is 0 Å². The molecule has 17 heavy (non-hydrogen) atoms. The summed E-state index contributed by atoms with van der Waals surface area (Å²) in [5, 5.41) is 20.4. The van der Waals surface area contributed by atoms with Gasteiger partial charge in [-0.3, -0.25) is 0 Å². The van der Waals surface area contributed by atoms with Crippen LogP contribution >= 0.6 is 11.6 Å². The van der Waals surface area contributed by atoms with Gasteiger partial charge in [0.25, 0.3) is 0 Å². The molecule has 0 heterocycles. The Bertz CT molecular complexity index is 458. The molecule has 90 valence electrons. The van der Waals surface area contributed by atoms with E-state index in [1.165, 1.54) is 0 Å². The molecule has 2 rings (SSSR count). The normalized spacial score (nSPS) is 19.9. The lowest BCUT2D eigenvalue weighted by molar-refractivity contribution is 0.0671. The third-order valence-electron chi connectivity index (χ3n) is 3.75. The molecule has 1 aromatic carbocycles. The Labute approximate surface area is 107 Å². The monoisotopic (exact) mass is 249 g/mol. The molecular formula is C14H16ClNO. The first kappa shape index (κ1) is 12.4. The van der Waals surface area contributed by atoms with Gasteiger partial charge in [0.2, 0.25) is 0 Å². The molecule has 0 aliphatic heterocycles. The van der Waals surface area contributed by atoms with Crippen molar-refractivity contribution in [3.05, 3.63) is 34.3 Å². The number of hydrogen-bond donors (Lipinski definition) is 1. The van der Waals surface area contributed by atoms with Crippen LogP contribution in [0.4, 0.5) is 0 Å². The molecule has 1 atom stereocenters. The molecule has 1 N–H and O–H groups in total. The maximum absolute atomic E-state index is 10.4. The summed E-state index contributed by atoms with van der Waals surface area (Å²) in [7, 11) is 0. The van der Waals surface area contributed by atoms with Gasteiger partial charge in [0, 0.05) is 5.02 Å². The smallest absolute Gasteiger partial charge is 0.0976 e. The number of nitrogens with zero attached hydrogens (tertiary/aromatic N) is 1. The van der Waals surface area contributed by atoms with Crippen molar-refractivity contribution in [1.82, 2.24) is 0 Å². The fourth-order valence-electron chi connectivity index (χ4n) is 2.55. The number of hydrogen-bond acceptors (Lipinski definition) is 2. The van der Waals surface area contributed by atoms with Crippen LogP contribution < -0.4 is 0 Å². The summed E-state index contributed by atoms with van der Waals surface area (Å²) in [6.45, 7) is 1.92. The average Bonchev–Trinajstić information content (AvgIpc) is 2.81. The second kappa shape index (κ2) is 4.68. The molecule has 1 aliphatic carbocycles. The largest absolute Gasteiger partial charge is 0.387 e. The molecule has 0 radical (unpaired) electrons. The number of aliphatic hydroxyl groups is 1. The summed E-state index contributed by atoms with van der Waals surface area (Å²) in [5.41, 5.74) is 1.13. The van der Waals surface area contributed by atoms with Gasteiger partial charge in [-0.25, -0.2) is 0 Å². The standard InChI is InChI=1S/C14H16ClNO/c1-10-4-5-11(8-12(10)15)13(17)14(9-16)6-2-3-7-14/h4-5,8,13,17H,2-3,6-7H2,1H3. The molecule has 1 aliphatic rings. The van der Waals surface area contributed by atoms with E-state index in [2.05, 4.69) is 6.07 Å². The van der Waals surface area contributed by atoms with E-state index >= 15 is 0 Å². The summed E-state index contributed by atoms with van der Waals surface area (Å²) in [4.78, 5) is 0. The van der Waals surface area contributed by atoms with Crippen LogP contribution in [0.2, 0.25) is 5.02 Å². The third kappa shape index (κ3) is 2.18. The van der Waals surface area contributed by atoms with E-state index in [1.54, 1.807) is 6.07 Å². The Morgan fingerprint density at radius 1 is 1.41 bits per heavy atom. The lowest BCUT2D eigenvalue weighted by Crippen LogP contribution is -2.24. The minimum atomic E-state index is -0.729. The Balaban J connectivity index is 2.33. The molecule has 0 saturated heterocycles. The van der Waals surface area contributed by atoms with Crippen molar-refractivity contribution in [2.24, 2.45) is 5.41 Å². The van der Waals surface area contributed by atoms with Crippen molar-refractivity contribution < 1.29 is 5.11 Å². The molecular weight excluding hydrogens is 234 g/mol. The number of halogens is 1. The highest BCUT2D eigenvalue weighted by Crippen LogP contribution is 2.47. The van der Waals surface area contributed by atoms with Crippen molar-refractivity contribution >= 4 is 11.6 Å². The zero-order valence-electron chi connectivity index (χ0n) is 9.91. The van der Waals surface area contributed by atoms with Crippen molar-refractivity contribution in [3.8, 4) is 6.07 Å². The van der Waals surface area contributed by atoms with Gasteiger partial charge in [-0.15, -0.1) is 0 Å². The second-order valence-electron chi connectivity index (χ2n) is 4.89. The molecule has 2 nitrogen and oxygen atoms in total. The van der Waals surface area contributed by atoms with Crippen molar-refractivity contribution in [1.29, 1.82) is 5.26 Å². The molecule has 1 unspecified atom stereocenters. The molecule has 0 amide bonds. The zero-order chi connectivity index (χ0) is 12.5. The van der Waals surface area contributed by atoms with Gasteiger partial charge in [-0.2, -0.15) is 5.26 Å². The summed E-state index contributed by atoms with van der Waals surface area (Å²) >= 11 is 6.06. The highest BCUT2D eigenvalue weighted by Gasteiger charge is 2.41. The van der Waals surface area contributed by atoms with E-state index in [0.717, 1.165) is 36.8 Å². The Hall–Kier alpha value is -1.04. The molecule has 0 spiro atoms. The van der Waals surface area contributed by atoms with Gasteiger partial charge in [0.1, 0.15) is 0 Å². The summed E-state index contributed by atoms with van der Waals surface area (Å²) in [5.74, 6) is 0. The predicted molar refractivity (Wildman–Crippen MR) is 67.7 cm³/mol. The van der Waals surface area contributed by atoms with Crippen LogP contribution in [0.5, 0.6) is 0 Å². The zero-order valence-corrected chi connectivity index (χ0v) is 10.7. The first-order valence-electron chi connectivity index (χ1n) is 5.94. The quantitative estimate of drug-likeness (QED) is 0.867. The van der Waals surface area contributed by atoms with Crippen molar-refractivity contribution in [2.45, 2.75) is 38.7 Å². The predicted octanol–water partition coefficient (Wildman–Crippen LogP) is 3.77. The maximum atomic E-state index is 10.4. The summed E-state index contributed by atoms with van der Waals surface area (Å²) in [6, 6.07) is 7.85. The third-order valence-corrected chi connectivity index (χ3v) is 4.16. The Morgan fingerprint density at radius 2 is 2.06 bits per heavy atom. The number of aryl methyl sites for hydroxylation is 1. The molecule has 0 bridgehead atoms.